The Morgan fingerprint density at radius 3 is 2.80 bits per heavy atom. The summed E-state index contributed by atoms with van der Waals surface area (Å²) in [5.74, 6) is 0.00791. The number of fused-ring (bicyclic) bond motifs is 6. The topological polar surface area (TPSA) is 59.7 Å². The van der Waals surface area contributed by atoms with Crippen LogP contribution in [0.2, 0.25) is 0 Å². The van der Waals surface area contributed by atoms with E-state index >= 15 is 0 Å². The van der Waals surface area contributed by atoms with Crippen LogP contribution < -0.4 is 0 Å². The van der Waals surface area contributed by atoms with Gasteiger partial charge in [0, 0.05) is 22.8 Å². The van der Waals surface area contributed by atoms with Gasteiger partial charge in [0.1, 0.15) is 5.58 Å². The van der Waals surface area contributed by atoms with Crippen molar-refractivity contribution < 1.29 is 19.1 Å². The summed E-state index contributed by atoms with van der Waals surface area (Å²) in [6, 6.07) is 13.7. The van der Waals surface area contributed by atoms with E-state index in [2.05, 4.69) is 0 Å². The predicted molar refractivity (Wildman–Crippen MR) is 92.8 cm³/mol. The molecule has 0 aliphatic heterocycles. The van der Waals surface area contributed by atoms with E-state index in [1.165, 1.54) is 12.7 Å². The summed E-state index contributed by atoms with van der Waals surface area (Å²) in [6.07, 6.45) is 2.24. The molecule has 2 aromatic carbocycles. The molecule has 2 aliphatic carbocycles. The number of para-hydroxylation sites is 1. The lowest BCUT2D eigenvalue weighted by Gasteiger charge is -2.29. The minimum absolute atomic E-state index is 0.0325. The highest BCUT2D eigenvalue weighted by atomic mass is 16.5. The number of esters is 1. The zero-order chi connectivity index (χ0) is 17.1. The molecule has 1 fully saturated rings. The number of benzene rings is 2. The summed E-state index contributed by atoms with van der Waals surface area (Å²) < 4.78 is 10.5. The molecule has 1 unspecified atom stereocenters. The van der Waals surface area contributed by atoms with E-state index in [9.17, 15) is 9.90 Å². The molecule has 1 saturated carbocycles. The number of carbonyl (C=O) groups is 1. The van der Waals surface area contributed by atoms with Crippen LogP contribution in [0.3, 0.4) is 0 Å². The third-order valence-corrected chi connectivity index (χ3v) is 5.90. The third kappa shape index (κ3) is 1.94. The molecule has 1 N–H and O–H groups in total. The standard InChI is InChI=1S/C21H18O4/c1-24-21(23)11-6-7-12-14(8-11)16-9-15(12)19(20(16)22)17-10-25-18-5-3-2-4-13(17)18/h2-8,10,15-16,19-20,22H,9H2,1H3/t15-,16+,19-,20?/m0/s1. The average molecular weight is 334 g/mol. The van der Waals surface area contributed by atoms with Crippen LogP contribution in [0.4, 0.5) is 0 Å². The molecule has 25 heavy (non-hydrogen) atoms. The van der Waals surface area contributed by atoms with Gasteiger partial charge in [-0.3, -0.25) is 0 Å². The van der Waals surface area contributed by atoms with Crippen molar-refractivity contribution in [3.05, 3.63) is 71.0 Å². The molecule has 3 aromatic rings. The van der Waals surface area contributed by atoms with Gasteiger partial charge in [-0.1, -0.05) is 24.3 Å². The number of ether oxygens (including phenoxy) is 1. The zero-order valence-electron chi connectivity index (χ0n) is 13.8. The summed E-state index contributed by atoms with van der Waals surface area (Å²) in [5, 5.41) is 12.1. The molecular formula is C21H18O4. The minimum Gasteiger partial charge on any atom is -0.465 e. The van der Waals surface area contributed by atoms with Gasteiger partial charge < -0.3 is 14.3 Å². The lowest BCUT2D eigenvalue weighted by Crippen LogP contribution is -2.25. The molecule has 0 saturated heterocycles. The number of carbonyl (C=O) groups excluding carboxylic acids is 1. The van der Waals surface area contributed by atoms with Crippen LogP contribution >= 0.6 is 0 Å². The minimum atomic E-state index is -0.466. The zero-order valence-corrected chi connectivity index (χ0v) is 13.8. The number of rotatable bonds is 2. The highest BCUT2D eigenvalue weighted by Gasteiger charge is 2.51. The molecule has 1 heterocycles. The fourth-order valence-corrected chi connectivity index (χ4v) is 4.81. The molecule has 4 heteroatoms. The van der Waals surface area contributed by atoms with E-state index in [4.69, 9.17) is 9.15 Å². The maximum Gasteiger partial charge on any atom is 0.337 e. The summed E-state index contributed by atoms with van der Waals surface area (Å²) in [6.45, 7) is 0. The van der Waals surface area contributed by atoms with Gasteiger partial charge in [0.05, 0.1) is 25.0 Å². The van der Waals surface area contributed by atoms with E-state index in [0.29, 0.717) is 5.56 Å². The predicted octanol–water partition coefficient (Wildman–Crippen LogP) is 3.95. The second kappa shape index (κ2) is 5.20. The van der Waals surface area contributed by atoms with E-state index in [-0.39, 0.29) is 23.7 Å². The van der Waals surface area contributed by atoms with Gasteiger partial charge in [0.15, 0.2) is 0 Å². The van der Waals surface area contributed by atoms with Crippen LogP contribution in [-0.2, 0) is 4.74 Å². The van der Waals surface area contributed by atoms with Crippen molar-refractivity contribution >= 4 is 16.9 Å². The van der Waals surface area contributed by atoms with Gasteiger partial charge >= 0.3 is 5.97 Å². The first-order valence-corrected chi connectivity index (χ1v) is 8.55. The van der Waals surface area contributed by atoms with E-state index in [1.807, 2.05) is 42.5 Å². The van der Waals surface area contributed by atoms with E-state index in [0.717, 1.165) is 28.5 Å². The summed E-state index contributed by atoms with van der Waals surface area (Å²) in [4.78, 5) is 11.8. The Morgan fingerprint density at radius 2 is 1.96 bits per heavy atom. The Kier molecular flexibility index (Phi) is 3.06. The van der Waals surface area contributed by atoms with Crippen molar-refractivity contribution in [1.82, 2.24) is 0 Å². The second-order valence-corrected chi connectivity index (χ2v) is 6.99. The van der Waals surface area contributed by atoms with Crippen molar-refractivity contribution in [2.75, 3.05) is 7.11 Å². The number of aliphatic hydroxyl groups excluding tert-OH is 1. The Labute approximate surface area is 145 Å². The van der Waals surface area contributed by atoms with Crippen molar-refractivity contribution in [2.24, 2.45) is 0 Å². The number of hydrogen-bond donors (Lipinski definition) is 1. The van der Waals surface area contributed by atoms with Crippen LogP contribution in [0, 0.1) is 0 Å². The van der Waals surface area contributed by atoms with Crippen LogP contribution in [0.25, 0.3) is 11.0 Å². The highest BCUT2D eigenvalue weighted by molar-refractivity contribution is 5.90. The largest absolute Gasteiger partial charge is 0.465 e. The van der Waals surface area contributed by atoms with Gasteiger partial charge in [-0.25, -0.2) is 4.79 Å². The fraction of sp³-hybridized carbons (Fsp3) is 0.286. The number of aliphatic hydroxyl groups is 1. The molecule has 0 radical (unpaired) electrons. The average Bonchev–Trinajstić information content (AvgIpc) is 3.32. The van der Waals surface area contributed by atoms with Gasteiger partial charge in [-0.15, -0.1) is 0 Å². The quantitative estimate of drug-likeness (QED) is 0.721. The molecule has 0 spiro atoms. The normalized spacial score (nSPS) is 26.8. The van der Waals surface area contributed by atoms with Gasteiger partial charge in [-0.05, 0) is 41.7 Å². The maximum atomic E-state index is 11.8. The van der Waals surface area contributed by atoms with Crippen molar-refractivity contribution in [1.29, 1.82) is 0 Å². The molecule has 1 aromatic heterocycles. The molecule has 126 valence electrons. The molecule has 4 nitrogen and oxygen atoms in total. The lowest BCUT2D eigenvalue weighted by molar-refractivity contribution is 0.0600. The molecular weight excluding hydrogens is 316 g/mol. The van der Waals surface area contributed by atoms with Gasteiger partial charge in [0.2, 0.25) is 0 Å². The van der Waals surface area contributed by atoms with Crippen LogP contribution in [0.5, 0.6) is 0 Å². The molecule has 5 rings (SSSR count). The summed E-state index contributed by atoms with van der Waals surface area (Å²) >= 11 is 0. The Bertz CT molecular complexity index is 986. The van der Waals surface area contributed by atoms with Crippen LogP contribution in [0.15, 0.2) is 53.1 Å². The van der Waals surface area contributed by atoms with E-state index < -0.39 is 6.10 Å². The number of furan rings is 1. The first-order valence-electron chi connectivity index (χ1n) is 8.55. The molecule has 2 bridgehead atoms. The smallest absolute Gasteiger partial charge is 0.337 e. The summed E-state index contributed by atoms with van der Waals surface area (Å²) in [7, 11) is 1.39. The highest BCUT2D eigenvalue weighted by Crippen LogP contribution is 2.60. The van der Waals surface area contributed by atoms with Gasteiger partial charge in [0.25, 0.3) is 0 Å². The first-order chi connectivity index (χ1) is 12.2. The molecule has 0 amide bonds. The number of hydrogen-bond acceptors (Lipinski definition) is 4. The molecule has 4 atom stereocenters. The maximum absolute atomic E-state index is 11.8. The van der Waals surface area contributed by atoms with Crippen molar-refractivity contribution in [2.45, 2.75) is 30.3 Å². The SMILES string of the molecule is COC(=O)c1ccc2c(c1)[C@H]1C[C@@H]2[C@@H](c2coc3ccccc23)C1O. The van der Waals surface area contributed by atoms with Crippen molar-refractivity contribution in [3.8, 4) is 0 Å². The lowest BCUT2D eigenvalue weighted by atomic mass is 9.77. The van der Waals surface area contributed by atoms with Gasteiger partial charge in [-0.2, -0.15) is 0 Å². The fourth-order valence-electron chi connectivity index (χ4n) is 4.81. The Morgan fingerprint density at radius 1 is 1.12 bits per heavy atom. The van der Waals surface area contributed by atoms with Crippen molar-refractivity contribution in [3.63, 3.8) is 0 Å². The Hall–Kier alpha value is -2.59. The monoisotopic (exact) mass is 334 g/mol. The summed E-state index contributed by atoms with van der Waals surface area (Å²) in [5.41, 5.74) is 4.81. The first kappa shape index (κ1) is 14.7. The number of methoxy groups -OCH3 is 1. The van der Waals surface area contributed by atoms with E-state index in [1.54, 1.807) is 6.26 Å². The Balaban J connectivity index is 1.60. The van der Waals surface area contributed by atoms with Crippen LogP contribution in [0.1, 0.15) is 51.2 Å². The third-order valence-electron chi connectivity index (χ3n) is 5.90. The van der Waals surface area contributed by atoms with Crippen LogP contribution in [-0.4, -0.2) is 24.3 Å². The molecule has 2 aliphatic rings. The second-order valence-electron chi connectivity index (χ2n) is 6.99.